The van der Waals surface area contributed by atoms with Crippen LogP contribution in [-0.4, -0.2) is 30.6 Å². The minimum absolute atomic E-state index is 0.0574. The second kappa shape index (κ2) is 9.11. The van der Waals surface area contributed by atoms with Crippen molar-refractivity contribution in [1.29, 1.82) is 0 Å². The van der Waals surface area contributed by atoms with Crippen molar-refractivity contribution in [2.75, 3.05) is 11.3 Å². The number of sulfonamides is 1. The van der Waals surface area contributed by atoms with Crippen LogP contribution >= 0.6 is 11.3 Å². The molecule has 188 valence electrons. The molecule has 2 unspecified atom stereocenters. The first-order valence-electron chi connectivity index (χ1n) is 10.8. The van der Waals surface area contributed by atoms with E-state index in [0.717, 1.165) is 10.7 Å². The third-order valence-corrected chi connectivity index (χ3v) is 8.10. The van der Waals surface area contributed by atoms with Crippen molar-refractivity contribution < 1.29 is 31.4 Å². The highest BCUT2D eigenvalue weighted by Crippen LogP contribution is 2.41. The monoisotopic (exact) mass is 526 g/mol. The molecule has 0 saturated heterocycles. The van der Waals surface area contributed by atoms with E-state index >= 15 is 0 Å². The number of alkyl halides is 3. The average molecular weight is 527 g/mol. The lowest BCUT2D eigenvalue weighted by molar-refractivity contribution is -0.0429. The molecule has 2 heterocycles. The molecule has 2 aromatic carbocycles. The van der Waals surface area contributed by atoms with Gasteiger partial charge in [-0.3, -0.25) is 4.72 Å². The number of thiazole rings is 1. The van der Waals surface area contributed by atoms with Crippen molar-refractivity contribution in [2.24, 2.45) is 5.92 Å². The number of fused-ring (bicyclic) bond motifs is 1. The smallest absolute Gasteiger partial charge is 0.493 e. The zero-order valence-corrected chi connectivity index (χ0v) is 20.9. The van der Waals surface area contributed by atoms with Crippen LogP contribution in [0.5, 0.6) is 5.75 Å². The Morgan fingerprint density at radius 3 is 2.54 bits per heavy atom. The molecule has 0 amide bonds. The van der Waals surface area contributed by atoms with Crippen molar-refractivity contribution in [3.8, 4) is 16.9 Å². The van der Waals surface area contributed by atoms with E-state index in [9.17, 15) is 26.7 Å². The van der Waals surface area contributed by atoms with Crippen LogP contribution in [0.1, 0.15) is 43.1 Å². The first kappa shape index (κ1) is 25.5. The number of aromatic nitrogens is 1. The van der Waals surface area contributed by atoms with Crippen LogP contribution in [0.3, 0.4) is 0 Å². The Balaban J connectivity index is 1.57. The molecule has 0 aliphatic carbocycles. The highest BCUT2D eigenvalue weighted by Gasteiger charge is 2.46. The largest absolute Gasteiger partial charge is 0.516 e. The Morgan fingerprint density at radius 1 is 1.17 bits per heavy atom. The first-order valence-corrected chi connectivity index (χ1v) is 13.2. The lowest BCUT2D eigenvalue weighted by Gasteiger charge is -2.30. The molecular weight excluding hydrogens is 501 g/mol. The van der Waals surface area contributed by atoms with Crippen LogP contribution in [0.25, 0.3) is 11.1 Å². The minimum atomic E-state index is -5.58. The van der Waals surface area contributed by atoms with Gasteiger partial charge in [0.05, 0.1) is 29.1 Å². The molecule has 0 saturated carbocycles. The van der Waals surface area contributed by atoms with Gasteiger partial charge in [0.1, 0.15) is 5.75 Å². The quantitative estimate of drug-likeness (QED) is 0.448. The van der Waals surface area contributed by atoms with Gasteiger partial charge >= 0.3 is 15.5 Å². The van der Waals surface area contributed by atoms with Crippen molar-refractivity contribution in [1.82, 2.24) is 4.98 Å². The summed E-state index contributed by atoms with van der Waals surface area (Å²) in [7, 11) is -5.58. The Morgan fingerprint density at radius 2 is 1.89 bits per heavy atom. The molecule has 1 aromatic heterocycles. The molecule has 4 rings (SSSR count). The summed E-state index contributed by atoms with van der Waals surface area (Å²) in [6.45, 7) is 6.51. The number of nitrogens with zero attached hydrogens (tertiary/aromatic N) is 1. The standard InChI is InChI=1S/C24H25F3N2O4S2/c1-23(2,3)22-28-16(13-34-22)10-15-12-33-20-11-14(8-9-18(20)21(15)30)17-6-4-5-7-19(17)29-35(31,32)24(25,26)27/h4-9,11,13,15,21,29-30H,10,12H2,1-3H3. The van der Waals surface area contributed by atoms with Gasteiger partial charge in [0, 0.05) is 27.8 Å². The van der Waals surface area contributed by atoms with Gasteiger partial charge in [-0.05, 0) is 24.1 Å². The number of rotatable bonds is 5. The van der Waals surface area contributed by atoms with E-state index in [1.165, 1.54) is 18.2 Å². The summed E-state index contributed by atoms with van der Waals surface area (Å²) in [6.07, 6.45) is -0.275. The van der Waals surface area contributed by atoms with E-state index in [1.807, 2.05) is 5.38 Å². The van der Waals surface area contributed by atoms with Crippen LogP contribution in [0.15, 0.2) is 47.8 Å². The molecule has 1 aliphatic heterocycles. The van der Waals surface area contributed by atoms with E-state index < -0.39 is 21.6 Å². The number of para-hydroxylation sites is 1. The molecule has 0 fully saturated rings. The van der Waals surface area contributed by atoms with Gasteiger partial charge in [-0.1, -0.05) is 51.1 Å². The summed E-state index contributed by atoms with van der Waals surface area (Å²) in [5, 5.41) is 14.0. The number of hydrogen-bond donors (Lipinski definition) is 2. The third-order valence-electron chi connectivity index (χ3n) is 5.68. The molecule has 0 spiro atoms. The number of nitrogens with one attached hydrogen (secondary N) is 1. The summed E-state index contributed by atoms with van der Waals surface area (Å²) >= 11 is 1.59. The summed E-state index contributed by atoms with van der Waals surface area (Å²) in [4.78, 5) is 4.69. The zero-order chi connectivity index (χ0) is 25.6. The number of aliphatic hydroxyl groups excluding tert-OH is 1. The molecule has 11 heteroatoms. The fraction of sp³-hybridized carbons (Fsp3) is 0.375. The third kappa shape index (κ3) is 5.31. The lowest BCUT2D eigenvalue weighted by atomic mass is 9.88. The number of aliphatic hydroxyl groups is 1. The van der Waals surface area contributed by atoms with Gasteiger partial charge in [-0.15, -0.1) is 11.3 Å². The Hall–Kier alpha value is -2.63. The van der Waals surface area contributed by atoms with Gasteiger partial charge in [0.2, 0.25) is 0 Å². The van der Waals surface area contributed by atoms with Crippen molar-refractivity contribution in [2.45, 2.75) is 44.2 Å². The minimum Gasteiger partial charge on any atom is -0.493 e. The van der Waals surface area contributed by atoms with Gasteiger partial charge in [-0.2, -0.15) is 21.6 Å². The van der Waals surface area contributed by atoms with Crippen LogP contribution in [0.4, 0.5) is 18.9 Å². The Bertz CT molecular complexity index is 1330. The van der Waals surface area contributed by atoms with E-state index in [-0.39, 0.29) is 29.2 Å². The zero-order valence-electron chi connectivity index (χ0n) is 19.3. The molecule has 1 aliphatic rings. The normalized spacial score (nSPS) is 18.6. The van der Waals surface area contributed by atoms with E-state index in [1.54, 1.807) is 40.3 Å². The molecule has 6 nitrogen and oxygen atoms in total. The molecule has 3 aromatic rings. The van der Waals surface area contributed by atoms with E-state index in [0.29, 0.717) is 23.3 Å². The summed E-state index contributed by atoms with van der Waals surface area (Å²) < 4.78 is 69.4. The second-order valence-electron chi connectivity index (χ2n) is 9.46. The van der Waals surface area contributed by atoms with Crippen LogP contribution in [-0.2, 0) is 21.9 Å². The number of ether oxygens (including phenoxy) is 1. The SMILES string of the molecule is CC(C)(C)c1nc(CC2COc3cc(-c4ccccc4NS(=O)(=O)C(F)(F)F)ccc3C2O)cs1. The maximum absolute atomic E-state index is 12.9. The summed E-state index contributed by atoms with van der Waals surface area (Å²) in [5.41, 5.74) is -3.56. The van der Waals surface area contributed by atoms with E-state index in [4.69, 9.17) is 9.72 Å². The van der Waals surface area contributed by atoms with Crippen molar-refractivity contribution in [3.63, 3.8) is 0 Å². The fourth-order valence-electron chi connectivity index (χ4n) is 3.82. The molecule has 2 N–H and O–H groups in total. The summed E-state index contributed by atoms with van der Waals surface area (Å²) in [5.74, 6) is 0.183. The van der Waals surface area contributed by atoms with Gasteiger partial charge in [0.15, 0.2) is 0 Å². The molecular formula is C24H25F3N2O4S2. The Kier molecular flexibility index (Phi) is 6.62. The fourth-order valence-corrected chi connectivity index (χ4v) is 5.33. The predicted octanol–water partition coefficient (Wildman–Crippen LogP) is 5.65. The maximum Gasteiger partial charge on any atom is 0.516 e. The lowest BCUT2D eigenvalue weighted by Crippen LogP contribution is -2.30. The summed E-state index contributed by atoms with van der Waals surface area (Å²) in [6, 6.07) is 10.6. The van der Waals surface area contributed by atoms with Gasteiger partial charge < -0.3 is 9.84 Å². The first-order chi connectivity index (χ1) is 16.3. The highest BCUT2D eigenvalue weighted by atomic mass is 32.2. The topological polar surface area (TPSA) is 88.5 Å². The molecule has 35 heavy (non-hydrogen) atoms. The van der Waals surface area contributed by atoms with Gasteiger partial charge in [0.25, 0.3) is 0 Å². The van der Waals surface area contributed by atoms with Crippen LogP contribution < -0.4 is 9.46 Å². The van der Waals surface area contributed by atoms with Crippen LogP contribution in [0, 0.1) is 5.92 Å². The van der Waals surface area contributed by atoms with Crippen molar-refractivity contribution >= 4 is 27.0 Å². The molecule has 2 atom stereocenters. The van der Waals surface area contributed by atoms with Crippen molar-refractivity contribution in [3.05, 3.63) is 64.1 Å². The maximum atomic E-state index is 12.9. The predicted molar refractivity (Wildman–Crippen MR) is 129 cm³/mol. The van der Waals surface area contributed by atoms with E-state index in [2.05, 4.69) is 20.8 Å². The number of halogens is 3. The second-order valence-corrected chi connectivity index (χ2v) is 12.0. The van der Waals surface area contributed by atoms with Crippen LogP contribution in [0.2, 0.25) is 0 Å². The number of hydrogen-bond acceptors (Lipinski definition) is 6. The highest BCUT2D eigenvalue weighted by molar-refractivity contribution is 7.93. The Labute approximate surface area is 205 Å². The number of anilines is 1. The number of benzene rings is 2. The molecule has 0 radical (unpaired) electrons. The average Bonchev–Trinajstić information content (AvgIpc) is 3.24. The van der Waals surface area contributed by atoms with Gasteiger partial charge in [-0.25, -0.2) is 4.98 Å². The molecule has 0 bridgehead atoms.